The van der Waals surface area contributed by atoms with Crippen LogP contribution in [0.2, 0.25) is 0 Å². The number of para-hydroxylation sites is 1. The van der Waals surface area contributed by atoms with E-state index in [1.165, 1.54) is 9.47 Å². The Morgan fingerprint density at radius 1 is 1.07 bits per heavy atom. The van der Waals surface area contributed by atoms with E-state index in [9.17, 15) is 19.2 Å². The number of nitrogens with zero attached hydrogens (tertiary/aromatic N) is 2. The number of hydrogen-bond donors (Lipinski definition) is 2. The average molecular weight is 380 g/mol. The lowest BCUT2D eigenvalue weighted by molar-refractivity contribution is -0.116. The van der Waals surface area contributed by atoms with E-state index < -0.39 is 11.2 Å². The minimum Gasteiger partial charge on any atom is -0.345 e. The molecule has 0 radical (unpaired) electrons. The molecule has 2 aromatic carbocycles. The molecule has 0 aliphatic heterocycles. The predicted octanol–water partition coefficient (Wildman–Crippen LogP) is 1.42. The van der Waals surface area contributed by atoms with Gasteiger partial charge in [0.15, 0.2) is 0 Å². The molecule has 8 nitrogen and oxygen atoms in total. The maximum atomic E-state index is 12.3. The molecule has 0 bridgehead atoms. The first-order valence-electron chi connectivity index (χ1n) is 8.70. The van der Waals surface area contributed by atoms with Gasteiger partial charge in [0.2, 0.25) is 5.91 Å². The zero-order valence-corrected chi connectivity index (χ0v) is 15.6. The molecule has 28 heavy (non-hydrogen) atoms. The molecule has 3 aromatic rings. The predicted molar refractivity (Wildman–Crippen MR) is 107 cm³/mol. The summed E-state index contributed by atoms with van der Waals surface area (Å²) in [6, 6.07) is 13.4. The summed E-state index contributed by atoms with van der Waals surface area (Å²) in [5, 5.41) is 3.11. The van der Waals surface area contributed by atoms with Gasteiger partial charge in [0.1, 0.15) is 0 Å². The Balaban J connectivity index is 1.75. The van der Waals surface area contributed by atoms with Crippen LogP contribution in [0.4, 0.5) is 5.69 Å². The lowest BCUT2D eigenvalue weighted by Gasteiger charge is -2.12. The summed E-state index contributed by atoms with van der Waals surface area (Å²) in [5.74, 6) is -0.473. The summed E-state index contributed by atoms with van der Waals surface area (Å²) < 4.78 is 1.36. The van der Waals surface area contributed by atoms with Gasteiger partial charge in [0.05, 0.1) is 10.9 Å². The third kappa shape index (κ3) is 4.01. The highest BCUT2D eigenvalue weighted by molar-refractivity contribution is 5.97. The normalized spacial score (nSPS) is 10.6. The van der Waals surface area contributed by atoms with Gasteiger partial charge in [-0.15, -0.1) is 0 Å². The van der Waals surface area contributed by atoms with Crippen LogP contribution in [0.15, 0.2) is 58.1 Å². The standard InChI is InChI=1S/C20H20N4O4/c1-23(2)19(27)13-6-5-7-14(12-13)21-17(25)10-11-24-16-9-4-3-8-15(16)18(26)22-20(24)28/h3-9,12H,10-11H2,1-2H3,(H,21,25)(H,22,26,28). The number of amides is 2. The van der Waals surface area contributed by atoms with E-state index in [-0.39, 0.29) is 24.8 Å². The van der Waals surface area contributed by atoms with Crippen LogP contribution < -0.4 is 16.6 Å². The molecule has 144 valence electrons. The first kappa shape index (κ1) is 19.1. The number of rotatable bonds is 5. The molecule has 0 aliphatic rings. The van der Waals surface area contributed by atoms with Gasteiger partial charge in [0.25, 0.3) is 11.5 Å². The van der Waals surface area contributed by atoms with Crippen LogP contribution in [0.25, 0.3) is 10.9 Å². The molecule has 0 spiro atoms. The molecule has 0 atom stereocenters. The van der Waals surface area contributed by atoms with Crippen molar-refractivity contribution in [3.63, 3.8) is 0 Å². The number of aryl methyl sites for hydroxylation is 1. The third-order valence-electron chi connectivity index (χ3n) is 4.27. The van der Waals surface area contributed by atoms with Crippen LogP contribution in [0.5, 0.6) is 0 Å². The molecule has 0 aliphatic carbocycles. The highest BCUT2D eigenvalue weighted by atomic mass is 16.2. The van der Waals surface area contributed by atoms with Crippen molar-refractivity contribution in [2.45, 2.75) is 13.0 Å². The van der Waals surface area contributed by atoms with E-state index in [4.69, 9.17) is 0 Å². The van der Waals surface area contributed by atoms with Crippen molar-refractivity contribution >= 4 is 28.4 Å². The van der Waals surface area contributed by atoms with Gasteiger partial charge in [0, 0.05) is 38.3 Å². The van der Waals surface area contributed by atoms with Crippen molar-refractivity contribution < 1.29 is 9.59 Å². The molecule has 0 fully saturated rings. The van der Waals surface area contributed by atoms with E-state index >= 15 is 0 Å². The SMILES string of the molecule is CN(C)C(=O)c1cccc(NC(=O)CCn2c(=O)[nH]c(=O)c3ccccc32)c1. The van der Waals surface area contributed by atoms with Crippen LogP contribution >= 0.6 is 0 Å². The Morgan fingerprint density at radius 3 is 2.57 bits per heavy atom. The maximum Gasteiger partial charge on any atom is 0.328 e. The van der Waals surface area contributed by atoms with Gasteiger partial charge in [-0.05, 0) is 30.3 Å². The van der Waals surface area contributed by atoms with Gasteiger partial charge < -0.3 is 10.2 Å². The fourth-order valence-electron chi connectivity index (χ4n) is 2.89. The number of nitrogens with one attached hydrogen (secondary N) is 2. The Bertz CT molecular complexity index is 1160. The topological polar surface area (TPSA) is 104 Å². The minimum absolute atomic E-state index is 0.0296. The molecular formula is C20H20N4O4. The third-order valence-corrected chi connectivity index (χ3v) is 4.27. The van der Waals surface area contributed by atoms with Crippen LogP contribution in [0.1, 0.15) is 16.8 Å². The molecule has 0 saturated carbocycles. The van der Waals surface area contributed by atoms with Crippen molar-refractivity contribution in [2.24, 2.45) is 0 Å². The number of anilines is 1. The number of aromatic nitrogens is 2. The van der Waals surface area contributed by atoms with Crippen LogP contribution in [0.3, 0.4) is 0 Å². The average Bonchev–Trinajstić information content (AvgIpc) is 2.67. The Kier molecular flexibility index (Phi) is 5.39. The highest BCUT2D eigenvalue weighted by Crippen LogP contribution is 2.13. The van der Waals surface area contributed by atoms with Gasteiger partial charge in [-0.2, -0.15) is 0 Å². The zero-order chi connectivity index (χ0) is 20.3. The minimum atomic E-state index is -0.560. The Morgan fingerprint density at radius 2 is 1.82 bits per heavy atom. The van der Waals surface area contributed by atoms with Crippen molar-refractivity contribution in [2.75, 3.05) is 19.4 Å². The van der Waals surface area contributed by atoms with Gasteiger partial charge in [-0.3, -0.25) is 23.9 Å². The first-order valence-corrected chi connectivity index (χ1v) is 8.70. The lowest BCUT2D eigenvalue weighted by Crippen LogP contribution is -2.31. The number of hydrogen-bond acceptors (Lipinski definition) is 4. The van der Waals surface area contributed by atoms with E-state index in [0.29, 0.717) is 22.2 Å². The summed E-state index contributed by atoms with van der Waals surface area (Å²) in [5.41, 5.74) is 0.420. The van der Waals surface area contributed by atoms with E-state index in [0.717, 1.165) is 0 Å². The van der Waals surface area contributed by atoms with E-state index in [1.807, 2.05) is 0 Å². The second-order valence-electron chi connectivity index (χ2n) is 6.51. The molecule has 3 rings (SSSR count). The first-order chi connectivity index (χ1) is 13.4. The quantitative estimate of drug-likeness (QED) is 0.698. The van der Waals surface area contributed by atoms with Crippen LogP contribution in [-0.4, -0.2) is 40.4 Å². The molecule has 8 heteroatoms. The second-order valence-corrected chi connectivity index (χ2v) is 6.51. The number of aromatic amines is 1. The number of carbonyl (C=O) groups is 2. The molecule has 2 N–H and O–H groups in total. The fraction of sp³-hybridized carbons (Fsp3) is 0.200. The molecule has 1 heterocycles. The van der Waals surface area contributed by atoms with Gasteiger partial charge in [-0.1, -0.05) is 18.2 Å². The van der Waals surface area contributed by atoms with Crippen molar-refractivity contribution in [1.82, 2.24) is 14.5 Å². The smallest absolute Gasteiger partial charge is 0.328 e. The largest absolute Gasteiger partial charge is 0.345 e. The molecule has 1 aromatic heterocycles. The maximum absolute atomic E-state index is 12.3. The summed E-state index contributed by atoms with van der Waals surface area (Å²) in [7, 11) is 3.31. The molecule has 2 amide bonds. The molecule has 0 unspecified atom stereocenters. The van der Waals surface area contributed by atoms with E-state index in [2.05, 4.69) is 10.3 Å². The van der Waals surface area contributed by atoms with Crippen molar-refractivity contribution in [3.8, 4) is 0 Å². The van der Waals surface area contributed by atoms with Crippen molar-refractivity contribution in [3.05, 3.63) is 74.9 Å². The fourth-order valence-corrected chi connectivity index (χ4v) is 2.89. The number of carbonyl (C=O) groups excluding carboxylic acids is 2. The number of H-pyrrole nitrogens is 1. The molecule has 0 saturated heterocycles. The van der Waals surface area contributed by atoms with Gasteiger partial charge in [-0.25, -0.2) is 4.79 Å². The highest BCUT2D eigenvalue weighted by Gasteiger charge is 2.11. The lowest BCUT2D eigenvalue weighted by atomic mass is 10.2. The summed E-state index contributed by atoms with van der Waals surface area (Å²) in [4.78, 5) is 52.1. The molecular weight excluding hydrogens is 360 g/mol. The summed E-state index contributed by atoms with van der Waals surface area (Å²) in [6.07, 6.45) is 0.0296. The van der Waals surface area contributed by atoms with Crippen molar-refractivity contribution in [1.29, 1.82) is 0 Å². The second kappa shape index (κ2) is 7.91. The summed E-state index contributed by atoms with van der Waals surface area (Å²) >= 11 is 0. The van der Waals surface area contributed by atoms with Crippen LogP contribution in [-0.2, 0) is 11.3 Å². The number of benzene rings is 2. The Hall–Kier alpha value is -3.68. The number of fused-ring (bicyclic) bond motifs is 1. The van der Waals surface area contributed by atoms with Gasteiger partial charge >= 0.3 is 5.69 Å². The van der Waals surface area contributed by atoms with Crippen LogP contribution in [0, 0.1) is 0 Å². The summed E-state index contributed by atoms with van der Waals surface area (Å²) in [6.45, 7) is 0.109. The Labute approximate surface area is 160 Å². The van der Waals surface area contributed by atoms with E-state index in [1.54, 1.807) is 62.6 Å². The monoisotopic (exact) mass is 380 g/mol. The zero-order valence-electron chi connectivity index (χ0n) is 15.6.